The summed E-state index contributed by atoms with van der Waals surface area (Å²) >= 11 is 0. The fraction of sp³-hybridized carbons (Fsp3) is 0.389. The molecular formula is C18H21N5O. The van der Waals surface area contributed by atoms with Crippen molar-refractivity contribution in [3.8, 4) is 0 Å². The van der Waals surface area contributed by atoms with E-state index in [0.717, 1.165) is 29.6 Å². The molecule has 0 atom stereocenters. The predicted molar refractivity (Wildman–Crippen MR) is 91.7 cm³/mol. The van der Waals surface area contributed by atoms with Crippen LogP contribution < -0.4 is 5.32 Å². The van der Waals surface area contributed by atoms with E-state index in [1.165, 1.54) is 30.5 Å². The summed E-state index contributed by atoms with van der Waals surface area (Å²) in [4.78, 5) is 16.7. The molecular weight excluding hydrogens is 302 g/mol. The van der Waals surface area contributed by atoms with Crippen LogP contribution in [0.2, 0.25) is 0 Å². The normalized spacial score (nSPS) is 14.4. The average Bonchev–Trinajstić information content (AvgIpc) is 3.07. The first kappa shape index (κ1) is 14.9. The van der Waals surface area contributed by atoms with E-state index in [0.29, 0.717) is 12.1 Å². The molecule has 0 bridgehead atoms. The molecule has 1 aliphatic rings. The number of hydrogen-bond acceptors (Lipinski definition) is 3. The highest BCUT2D eigenvalue weighted by Crippen LogP contribution is 2.21. The molecule has 24 heavy (non-hydrogen) atoms. The maximum absolute atomic E-state index is 12.4. The van der Waals surface area contributed by atoms with Crippen molar-refractivity contribution in [2.75, 3.05) is 0 Å². The Morgan fingerprint density at radius 3 is 3.08 bits per heavy atom. The number of nitrogens with zero attached hydrogens (tertiary/aromatic N) is 3. The number of fused-ring (bicyclic) bond motifs is 2. The molecule has 1 aromatic carbocycles. The number of hydrogen-bond donors (Lipinski definition) is 2. The van der Waals surface area contributed by atoms with Crippen molar-refractivity contribution in [3.63, 3.8) is 0 Å². The highest BCUT2D eigenvalue weighted by Gasteiger charge is 2.16. The molecule has 2 heterocycles. The van der Waals surface area contributed by atoms with Crippen molar-refractivity contribution in [1.82, 2.24) is 25.1 Å². The van der Waals surface area contributed by atoms with Gasteiger partial charge in [0.05, 0.1) is 29.6 Å². The van der Waals surface area contributed by atoms with Crippen LogP contribution in [0.5, 0.6) is 0 Å². The number of nitrogens with one attached hydrogen (secondary N) is 2. The van der Waals surface area contributed by atoms with Gasteiger partial charge in [-0.3, -0.25) is 9.89 Å². The van der Waals surface area contributed by atoms with Crippen LogP contribution in [0.4, 0.5) is 0 Å². The molecule has 124 valence electrons. The van der Waals surface area contributed by atoms with Crippen LogP contribution in [0.1, 0.15) is 46.6 Å². The minimum absolute atomic E-state index is 0.0899. The van der Waals surface area contributed by atoms with Gasteiger partial charge in [-0.05, 0) is 49.4 Å². The number of rotatable bonds is 3. The lowest BCUT2D eigenvalue weighted by atomic mass is 10.1. The summed E-state index contributed by atoms with van der Waals surface area (Å²) in [5, 5.41) is 10.5. The van der Waals surface area contributed by atoms with Gasteiger partial charge in [0.1, 0.15) is 0 Å². The third-order valence-corrected chi connectivity index (χ3v) is 4.80. The van der Waals surface area contributed by atoms with E-state index in [4.69, 9.17) is 0 Å². The molecule has 0 unspecified atom stereocenters. The third kappa shape index (κ3) is 2.68. The van der Waals surface area contributed by atoms with Crippen molar-refractivity contribution in [2.24, 2.45) is 7.05 Å². The fourth-order valence-corrected chi connectivity index (χ4v) is 3.42. The maximum atomic E-state index is 12.4. The Balaban J connectivity index is 1.49. The van der Waals surface area contributed by atoms with E-state index in [9.17, 15) is 4.79 Å². The zero-order valence-corrected chi connectivity index (χ0v) is 13.8. The highest BCUT2D eigenvalue weighted by molar-refractivity contribution is 5.97. The van der Waals surface area contributed by atoms with Gasteiger partial charge in [-0.1, -0.05) is 6.42 Å². The number of benzene rings is 1. The first-order valence-electron chi connectivity index (χ1n) is 8.46. The Bertz CT molecular complexity index is 892. The fourth-order valence-electron chi connectivity index (χ4n) is 3.42. The number of aryl methyl sites for hydroxylation is 2. The smallest absolute Gasteiger partial charge is 0.251 e. The van der Waals surface area contributed by atoms with E-state index in [-0.39, 0.29) is 5.91 Å². The lowest BCUT2D eigenvalue weighted by molar-refractivity contribution is 0.0950. The van der Waals surface area contributed by atoms with Crippen LogP contribution in [0.25, 0.3) is 11.0 Å². The Kier molecular flexibility index (Phi) is 3.80. The molecule has 0 fully saturated rings. The molecule has 2 aromatic heterocycles. The number of H-pyrrole nitrogens is 1. The summed E-state index contributed by atoms with van der Waals surface area (Å²) in [6, 6.07) is 5.60. The van der Waals surface area contributed by atoms with Crippen LogP contribution in [0, 0.1) is 0 Å². The van der Waals surface area contributed by atoms with Crippen molar-refractivity contribution >= 4 is 16.9 Å². The van der Waals surface area contributed by atoms with Crippen molar-refractivity contribution in [3.05, 3.63) is 47.0 Å². The third-order valence-electron chi connectivity index (χ3n) is 4.80. The van der Waals surface area contributed by atoms with Crippen molar-refractivity contribution in [2.45, 2.75) is 38.6 Å². The van der Waals surface area contributed by atoms with Crippen LogP contribution in [-0.2, 0) is 26.4 Å². The second-order valence-corrected chi connectivity index (χ2v) is 6.43. The summed E-state index contributed by atoms with van der Waals surface area (Å²) < 4.78 is 1.94. The minimum atomic E-state index is -0.0899. The second-order valence-electron chi connectivity index (χ2n) is 6.43. The van der Waals surface area contributed by atoms with Gasteiger partial charge in [-0.15, -0.1) is 0 Å². The summed E-state index contributed by atoms with van der Waals surface area (Å²) in [6.07, 6.45) is 7.54. The van der Waals surface area contributed by atoms with Gasteiger partial charge in [0.15, 0.2) is 0 Å². The molecule has 0 spiro atoms. The minimum Gasteiger partial charge on any atom is -0.346 e. The first-order chi connectivity index (χ1) is 11.7. The summed E-state index contributed by atoms with van der Waals surface area (Å²) in [5.41, 5.74) is 5.99. The van der Waals surface area contributed by atoms with Gasteiger partial charge in [-0.2, -0.15) is 5.10 Å². The zero-order valence-electron chi connectivity index (χ0n) is 13.8. The Labute approximate surface area is 140 Å². The van der Waals surface area contributed by atoms with E-state index < -0.39 is 0 Å². The monoisotopic (exact) mass is 323 g/mol. The molecule has 0 saturated heterocycles. The summed E-state index contributed by atoms with van der Waals surface area (Å²) in [6.45, 7) is 0.463. The number of aromatic amines is 1. The molecule has 6 nitrogen and oxygen atoms in total. The number of carbonyl (C=O) groups is 1. The lowest BCUT2D eigenvalue weighted by Crippen LogP contribution is -2.23. The van der Waals surface area contributed by atoms with Crippen LogP contribution in [0.3, 0.4) is 0 Å². The molecule has 2 N–H and O–H groups in total. The molecule has 1 amide bonds. The van der Waals surface area contributed by atoms with E-state index in [1.54, 1.807) is 6.33 Å². The van der Waals surface area contributed by atoms with Crippen molar-refractivity contribution < 1.29 is 4.79 Å². The van der Waals surface area contributed by atoms with Gasteiger partial charge >= 0.3 is 0 Å². The molecule has 0 radical (unpaired) electrons. The van der Waals surface area contributed by atoms with Gasteiger partial charge in [0, 0.05) is 18.3 Å². The van der Waals surface area contributed by atoms with Crippen LogP contribution in [0.15, 0.2) is 24.5 Å². The van der Waals surface area contributed by atoms with Gasteiger partial charge < -0.3 is 9.88 Å². The lowest BCUT2D eigenvalue weighted by Gasteiger charge is -2.06. The quantitative estimate of drug-likeness (QED) is 0.727. The molecule has 3 aromatic rings. The Morgan fingerprint density at radius 1 is 1.29 bits per heavy atom. The number of aromatic nitrogens is 4. The van der Waals surface area contributed by atoms with E-state index in [2.05, 4.69) is 20.5 Å². The second kappa shape index (κ2) is 6.11. The van der Waals surface area contributed by atoms with E-state index >= 15 is 0 Å². The molecule has 6 heteroatoms. The number of amides is 1. The van der Waals surface area contributed by atoms with E-state index in [1.807, 2.05) is 29.8 Å². The molecule has 4 rings (SSSR count). The summed E-state index contributed by atoms with van der Waals surface area (Å²) in [7, 11) is 1.94. The maximum Gasteiger partial charge on any atom is 0.251 e. The van der Waals surface area contributed by atoms with Gasteiger partial charge in [0.25, 0.3) is 5.91 Å². The SMILES string of the molecule is Cn1cnc2cc(C(=O)NCc3n[nH]c4c3CCCCC4)ccc21. The first-order valence-corrected chi connectivity index (χ1v) is 8.46. The average molecular weight is 323 g/mol. The van der Waals surface area contributed by atoms with Crippen LogP contribution in [-0.4, -0.2) is 25.7 Å². The van der Waals surface area contributed by atoms with Crippen molar-refractivity contribution in [1.29, 1.82) is 0 Å². The summed E-state index contributed by atoms with van der Waals surface area (Å²) in [5.74, 6) is -0.0899. The van der Waals surface area contributed by atoms with Crippen LogP contribution >= 0.6 is 0 Å². The van der Waals surface area contributed by atoms with Gasteiger partial charge in [0.2, 0.25) is 0 Å². The zero-order chi connectivity index (χ0) is 16.5. The Morgan fingerprint density at radius 2 is 2.17 bits per heavy atom. The molecule has 0 saturated carbocycles. The highest BCUT2D eigenvalue weighted by atomic mass is 16.1. The molecule has 1 aliphatic carbocycles. The predicted octanol–water partition coefficient (Wildman–Crippen LogP) is 2.50. The topological polar surface area (TPSA) is 75.6 Å². The van der Waals surface area contributed by atoms with Gasteiger partial charge in [-0.25, -0.2) is 4.98 Å². The number of carbonyl (C=O) groups excluding carboxylic acids is 1. The standard InChI is InChI=1S/C18H21N5O/c1-23-11-20-15-9-12(7-8-17(15)23)18(24)19-10-16-13-5-3-2-4-6-14(13)21-22-16/h7-9,11H,2-6,10H2,1H3,(H,19,24)(H,21,22). The number of imidazole rings is 1. The Hall–Kier alpha value is -2.63. The molecule has 0 aliphatic heterocycles. The largest absolute Gasteiger partial charge is 0.346 e.